The van der Waals surface area contributed by atoms with Crippen molar-refractivity contribution in [1.82, 2.24) is 25.0 Å². The monoisotopic (exact) mass is 502 g/mol. The largest absolute Gasteiger partial charge is 0.357 e. The van der Waals surface area contributed by atoms with Crippen LogP contribution in [0.4, 0.5) is 0 Å². The zero-order valence-electron chi connectivity index (χ0n) is 17.0. The summed E-state index contributed by atoms with van der Waals surface area (Å²) in [6.07, 6.45) is 4.92. The molecule has 0 saturated heterocycles. The lowest BCUT2D eigenvalue weighted by atomic mass is 10.0. The van der Waals surface area contributed by atoms with E-state index in [2.05, 4.69) is 43.1 Å². The summed E-state index contributed by atoms with van der Waals surface area (Å²) >= 11 is 1.87. The third kappa shape index (κ3) is 5.22. The van der Waals surface area contributed by atoms with Gasteiger partial charge in [-0.3, -0.25) is 4.68 Å². The van der Waals surface area contributed by atoms with Gasteiger partial charge in [0, 0.05) is 36.8 Å². The van der Waals surface area contributed by atoms with Crippen LogP contribution in [0, 0.1) is 13.8 Å². The number of aryl methyl sites for hydroxylation is 4. The summed E-state index contributed by atoms with van der Waals surface area (Å²) < 4.78 is 1.93. The summed E-state index contributed by atoms with van der Waals surface area (Å²) in [5.41, 5.74) is 4.77. The summed E-state index contributed by atoms with van der Waals surface area (Å²) in [6, 6.07) is 0. The third-order valence-corrected chi connectivity index (χ3v) is 6.15. The number of halogens is 1. The van der Waals surface area contributed by atoms with Gasteiger partial charge in [-0.15, -0.1) is 35.3 Å². The van der Waals surface area contributed by atoms with Gasteiger partial charge in [0.2, 0.25) is 0 Å². The van der Waals surface area contributed by atoms with E-state index in [0.717, 1.165) is 31.2 Å². The van der Waals surface area contributed by atoms with E-state index in [0.29, 0.717) is 6.54 Å². The second-order valence-electron chi connectivity index (χ2n) is 6.98. The molecule has 0 aromatic carbocycles. The lowest BCUT2D eigenvalue weighted by molar-refractivity contribution is 0.474. The predicted molar refractivity (Wildman–Crippen MR) is 123 cm³/mol. The molecule has 2 aromatic rings. The van der Waals surface area contributed by atoms with Crippen LogP contribution < -0.4 is 5.32 Å². The van der Waals surface area contributed by atoms with Gasteiger partial charge in [-0.2, -0.15) is 5.10 Å². The smallest absolute Gasteiger partial charge is 0.194 e. The molecule has 6 nitrogen and oxygen atoms in total. The molecule has 1 aliphatic rings. The van der Waals surface area contributed by atoms with E-state index in [4.69, 9.17) is 9.98 Å². The van der Waals surface area contributed by atoms with Crippen LogP contribution in [0.25, 0.3) is 0 Å². The molecule has 0 amide bonds. The van der Waals surface area contributed by atoms with Crippen molar-refractivity contribution in [2.75, 3.05) is 13.6 Å². The second-order valence-corrected chi connectivity index (χ2v) is 8.15. The number of guanidine groups is 1. The Kier molecular flexibility index (Phi) is 8.08. The summed E-state index contributed by atoms with van der Waals surface area (Å²) in [4.78, 5) is 13.4. The third-order valence-electron chi connectivity index (χ3n) is 5.00. The molecule has 0 aliphatic heterocycles. The highest BCUT2D eigenvalue weighted by molar-refractivity contribution is 14.0. The van der Waals surface area contributed by atoms with Gasteiger partial charge in [0.05, 0.1) is 24.5 Å². The van der Waals surface area contributed by atoms with Crippen LogP contribution in [0.3, 0.4) is 0 Å². The number of hydrogen-bond acceptors (Lipinski definition) is 4. The average molecular weight is 502 g/mol. The maximum absolute atomic E-state index is 4.86. The van der Waals surface area contributed by atoms with Gasteiger partial charge >= 0.3 is 0 Å². The predicted octanol–water partition coefficient (Wildman–Crippen LogP) is 3.59. The summed E-state index contributed by atoms with van der Waals surface area (Å²) in [5.74, 6) is 0.920. The van der Waals surface area contributed by atoms with Gasteiger partial charge in [-0.1, -0.05) is 0 Å². The molecule has 0 bridgehead atoms. The molecule has 2 aromatic heterocycles. The Morgan fingerprint density at radius 3 is 2.67 bits per heavy atom. The maximum atomic E-state index is 4.86. The molecule has 0 radical (unpaired) electrons. The molecule has 0 saturated carbocycles. The lowest BCUT2D eigenvalue weighted by Gasteiger charge is -2.21. The van der Waals surface area contributed by atoms with Crippen LogP contribution in [0.1, 0.15) is 52.3 Å². The molecule has 3 rings (SSSR count). The van der Waals surface area contributed by atoms with Crippen molar-refractivity contribution in [2.45, 2.75) is 59.5 Å². The molecule has 0 unspecified atom stereocenters. The van der Waals surface area contributed by atoms with Gasteiger partial charge in [0.25, 0.3) is 0 Å². The van der Waals surface area contributed by atoms with E-state index in [9.17, 15) is 0 Å². The number of thiazole rings is 1. The van der Waals surface area contributed by atoms with Crippen molar-refractivity contribution in [1.29, 1.82) is 0 Å². The number of nitrogens with zero attached hydrogens (tertiary/aromatic N) is 5. The Morgan fingerprint density at radius 2 is 2.04 bits per heavy atom. The molecule has 8 heteroatoms. The van der Waals surface area contributed by atoms with Crippen molar-refractivity contribution in [3.8, 4) is 0 Å². The Morgan fingerprint density at radius 1 is 1.30 bits per heavy atom. The van der Waals surface area contributed by atoms with Crippen molar-refractivity contribution in [2.24, 2.45) is 12.0 Å². The van der Waals surface area contributed by atoms with Gasteiger partial charge in [-0.25, -0.2) is 9.98 Å². The van der Waals surface area contributed by atoms with E-state index in [-0.39, 0.29) is 24.0 Å². The SMILES string of the molecule is CCNC(=NCc1c(C)nn(C)c1C)N(C)Cc1nc2c(s1)CCCC2.I. The number of aromatic nitrogens is 3. The number of aliphatic imine (C=N–C) groups is 1. The first-order chi connectivity index (χ1) is 12.5. The van der Waals surface area contributed by atoms with Crippen LogP contribution in [0.15, 0.2) is 4.99 Å². The normalized spacial score (nSPS) is 13.9. The zero-order chi connectivity index (χ0) is 18.7. The highest BCUT2D eigenvalue weighted by Gasteiger charge is 2.17. The van der Waals surface area contributed by atoms with Crippen LogP contribution in [-0.2, 0) is 33.0 Å². The quantitative estimate of drug-likeness (QED) is 0.386. The maximum Gasteiger partial charge on any atom is 0.194 e. The molecule has 150 valence electrons. The van der Waals surface area contributed by atoms with Crippen molar-refractivity contribution in [3.05, 3.63) is 32.5 Å². The van der Waals surface area contributed by atoms with E-state index in [1.165, 1.54) is 46.1 Å². The molecule has 1 N–H and O–H groups in total. The number of hydrogen-bond donors (Lipinski definition) is 1. The summed E-state index contributed by atoms with van der Waals surface area (Å²) in [7, 11) is 4.07. The molecule has 0 spiro atoms. The van der Waals surface area contributed by atoms with Crippen LogP contribution in [-0.4, -0.2) is 39.2 Å². The minimum atomic E-state index is 0. The first-order valence-corrected chi connectivity index (χ1v) is 10.3. The van der Waals surface area contributed by atoms with Gasteiger partial charge in [-0.05, 0) is 46.5 Å². The molecular weight excluding hydrogens is 471 g/mol. The summed E-state index contributed by atoms with van der Waals surface area (Å²) in [5, 5.41) is 9.09. The fraction of sp³-hybridized carbons (Fsp3) is 0.632. The fourth-order valence-electron chi connectivity index (χ4n) is 3.42. The zero-order valence-corrected chi connectivity index (χ0v) is 20.1. The molecule has 2 heterocycles. The van der Waals surface area contributed by atoms with Crippen molar-refractivity contribution in [3.63, 3.8) is 0 Å². The molecule has 0 atom stereocenters. The van der Waals surface area contributed by atoms with E-state index in [1.807, 2.05) is 23.1 Å². The van der Waals surface area contributed by atoms with Crippen molar-refractivity contribution >= 4 is 41.3 Å². The average Bonchev–Trinajstić information content (AvgIpc) is 3.12. The van der Waals surface area contributed by atoms with Gasteiger partial charge in [0.1, 0.15) is 5.01 Å². The minimum absolute atomic E-state index is 0. The van der Waals surface area contributed by atoms with Gasteiger partial charge < -0.3 is 10.2 Å². The van der Waals surface area contributed by atoms with Crippen LogP contribution in [0.2, 0.25) is 0 Å². The fourth-order valence-corrected chi connectivity index (χ4v) is 4.63. The van der Waals surface area contributed by atoms with Crippen LogP contribution >= 0.6 is 35.3 Å². The topological polar surface area (TPSA) is 58.3 Å². The van der Waals surface area contributed by atoms with E-state index in [1.54, 1.807) is 0 Å². The Balaban J connectivity index is 0.00000261. The van der Waals surface area contributed by atoms with Crippen molar-refractivity contribution < 1.29 is 0 Å². The molecular formula is C19H31IN6S. The molecule has 0 fully saturated rings. The minimum Gasteiger partial charge on any atom is -0.357 e. The number of fused-ring (bicyclic) bond motifs is 1. The highest BCUT2D eigenvalue weighted by atomic mass is 127. The van der Waals surface area contributed by atoms with E-state index < -0.39 is 0 Å². The Labute approximate surface area is 183 Å². The Hall–Kier alpha value is -1.16. The van der Waals surface area contributed by atoms with Gasteiger partial charge in [0.15, 0.2) is 5.96 Å². The Bertz CT molecular complexity index is 771. The molecule has 27 heavy (non-hydrogen) atoms. The number of rotatable bonds is 5. The van der Waals surface area contributed by atoms with E-state index >= 15 is 0 Å². The lowest BCUT2D eigenvalue weighted by Crippen LogP contribution is -2.38. The number of nitrogens with one attached hydrogen (secondary N) is 1. The highest BCUT2D eigenvalue weighted by Crippen LogP contribution is 2.27. The second kappa shape index (κ2) is 9.86. The standard InChI is InChI=1S/C19H30N6S.HI/c1-6-20-19(21-11-15-13(2)23-25(5)14(15)3)24(4)12-18-22-16-9-7-8-10-17(16)26-18;/h6-12H2,1-5H3,(H,20,21);1H. The first-order valence-electron chi connectivity index (χ1n) is 9.45. The molecule has 1 aliphatic carbocycles. The van der Waals surface area contributed by atoms with Crippen LogP contribution in [0.5, 0.6) is 0 Å². The summed E-state index contributed by atoms with van der Waals surface area (Å²) in [6.45, 7) is 8.55. The first kappa shape index (κ1) is 22.1.